The molecule has 2 nitrogen and oxygen atoms in total. The van der Waals surface area contributed by atoms with Gasteiger partial charge in [-0.3, -0.25) is 0 Å². The van der Waals surface area contributed by atoms with Crippen LogP contribution >= 0.6 is 27.3 Å². The van der Waals surface area contributed by atoms with Crippen molar-refractivity contribution in [2.24, 2.45) is 0 Å². The average Bonchev–Trinajstić information content (AvgIpc) is 2.75. The van der Waals surface area contributed by atoms with E-state index in [1.807, 2.05) is 25.1 Å². The molecule has 2 aromatic carbocycles. The number of aryl methyl sites for hydroxylation is 1. The summed E-state index contributed by atoms with van der Waals surface area (Å²) in [5.74, 6) is -0.237. The maximum atomic E-state index is 13.1. The van der Waals surface area contributed by atoms with E-state index in [1.54, 1.807) is 6.07 Å². The maximum Gasteiger partial charge on any atom is 0.188 e. The first-order chi connectivity index (χ1) is 9.11. The molecule has 0 amide bonds. The molecule has 0 radical (unpaired) electrons. The molecule has 0 bridgehead atoms. The van der Waals surface area contributed by atoms with Crippen LogP contribution in [0.1, 0.15) is 5.56 Å². The van der Waals surface area contributed by atoms with Crippen LogP contribution in [0.5, 0.6) is 0 Å². The molecule has 0 saturated carbocycles. The molecule has 1 N–H and O–H groups in total. The number of nitrogens with zero attached hydrogens (tertiary/aromatic N) is 1. The molecular weight excluding hydrogens is 327 g/mol. The zero-order valence-electron chi connectivity index (χ0n) is 10.1. The summed E-state index contributed by atoms with van der Waals surface area (Å²) in [4.78, 5) is 4.44. The molecule has 0 aliphatic carbocycles. The molecule has 0 aliphatic rings. The summed E-state index contributed by atoms with van der Waals surface area (Å²) in [5.41, 5.74) is 2.93. The minimum Gasteiger partial charge on any atom is -0.331 e. The first kappa shape index (κ1) is 12.6. The first-order valence-electron chi connectivity index (χ1n) is 5.71. The Labute approximate surface area is 122 Å². The highest BCUT2D eigenvalue weighted by Gasteiger charge is 2.07. The van der Waals surface area contributed by atoms with Crippen molar-refractivity contribution in [1.29, 1.82) is 0 Å². The second-order valence-corrected chi connectivity index (χ2v) is 6.12. The van der Waals surface area contributed by atoms with Gasteiger partial charge in [0.25, 0.3) is 0 Å². The van der Waals surface area contributed by atoms with Crippen LogP contribution in [-0.4, -0.2) is 4.98 Å². The van der Waals surface area contributed by atoms with Gasteiger partial charge in [0.2, 0.25) is 0 Å². The Balaban J connectivity index is 1.98. The number of anilines is 2. The second kappa shape index (κ2) is 4.90. The summed E-state index contributed by atoms with van der Waals surface area (Å²) in [5, 5.41) is 4.02. The number of fused-ring (bicyclic) bond motifs is 1. The van der Waals surface area contributed by atoms with E-state index >= 15 is 0 Å². The Morgan fingerprint density at radius 3 is 2.89 bits per heavy atom. The number of aromatic nitrogens is 1. The minimum absolute atomic E-state index is 0.237. The van der Waals surface area contributed by atoms with Crippen LogP contribution in [0.3, 0.4) is 0 Å². The largest absolute Gasteiger partial charge is 0.331 e. The normalized spacial score (nSPS) is 10.9. The van der Waals surface area contributed by atoms with Crippen molar-refractivity contribution in [3.63, 3.8) is 0 Å². The van der Waals surface area contributed by atoms with Crippen LogP contribution in [0.15, 0.2) is 40.9 Å². The third-order valence-electron chi connectivity index (χ3n) is 2.71. The van der Waals surface area contributed by atoms with Crippen molar-refractivity contribution >= 4 is 48.3 Å². The third-order valence-corrected chi connectivity index (χ3v) is 4.34. The van der Waals surface area contributed by atoms with Gasteiger partial charge >= 0.3 is 0 Å². The van der Waals surface area contributed by atoms with Crippen molar-refractivity contribution in [1.82, 2.24) is 4.98 Å². The van der Waals surface area contributed by atoms with E-state index in [0.717, 1.165) is 31.1 Å². The van der Waals surface area contributed by atoms with Crippen LogP contribution in [-0.2, 0) is 0 Å². The fourth-order valence-electron chi connectivity index (χ4n) is 1.80. The summed E-state index contributed by atoms with van der Waals surface area (Å²) >= 11 is 4.94. The number of nitrogens with one attached hydrogen (secondary N) is 1. The van der Waals surface area contributed by atoms with E-state index in [-0.39, 0.29) is 5.82 Å². The van der Waals surface area contributed by atoms with Gasteiger partial charge in [-0.1, -0.05) is 17.4 Å². The van der Waals surface area contributed by atoms with Gasteiger partial charge in [0.1, 0.15) is 5.82 Å². The Morgan fingerprint density at radius 1 is 1.21 bits per heavy atom. The summed E-state index contributed by atoms with van der Waals surface area (Å²) in [6.45, 7) is 2.03. The van der Waals surface area contributed by atoms with Gasteiger partial charge < -0.3 is 5.32 Å². The molecule has 0 aliphatic heterocycles. The molecule has 96 valence electrons. The smallest absolute Gasteiger partial charge is 0.188 e. The van der Waals surface area contributed by atoms with E-state index in [9.17, 15) is 4.39 Å². The zero-order chi connectivity index (χ0) is 13.4. The van der Waals surface area contributed by atoms with Crippen LogP contribution in [0, 0.1) is 12.7 Å². The lowest BCUT2D eigenvalue weighted by Gasteiger charge is -2.06. The lowest BCUT2D eigenvalue weighted by atomic mass is 10.2. The monoisotopic (exact) mass is 336 g/mol. The molecule has 0 saturated heterocycles. The molecule has 0 spiro atoms. The van der Waals surface area contributed by atoms with E-state index in [0.29, 0.717) is 0 Å². The second-order valence-electron chi connectivity index (χ2n) is 4.24. The molecule has 0 atom stereocenters. The van der Waals surface area contributed by atoms with Crippen LogP contribution in [0.4, 0.5) is 15.2 Å². The van der Waals surface area contributed by atoms with Crippen LogP contribution < -0.4 is 5.32 Å². The van der Waals surface area contributed by atoms with Crippen LogP contribution in [0.25, 0.3) is 10.2 Å². The molecule has 0 fully saturated rings. The molecule has 3 rings (SSSR count). The van der Waals surface area contributed by atoms with Gasteiger partial charge in [-0.2, -0.15) is 0 Å². The number of thiazole rings is 1. The number of hydrogen-bond donors (Lipinski definition) is 1. The summed E-state index contributed by atoms with van der Waals surface area (Å²) in [6, 6.07) is 10.7. The van der Waals surface area contributed by atoms with E-state index in [1.165, 1.54) is 23.5 Å². The zero-order valence-corrected chi connectivity index (χ0v) is 12.5. The molecule has 3 aromatic rings. The van der Waals surface area contributed by atoms with Crippen molar-refractivity contribution in [2.75, 3.05) is 5.32 Å². The highest BCUT2D eigenvalue weighted by molar-refractivity contribution is 9.10. The predicted octanol–water partition coefficient (Wildman–Crippen LogP) is 5.25. The Morgan fingerprint density at radius 2 is 2.05 bits per heavy atom. The molecular formula is C14H10BrFN2S. The number of halogens is 2. The lowest BCUT2D eigenvalue weighted by Crippen LogP contribution is -1.90. The fraction of sp³-hybridized carbons (Fsp3) is 0.0714. The number of hydrogen-bond acceptors (Lipinski definition) is 3. The van der Waals surface area contributed by atoms with Crippen molar-refractivity contribution in [3.8, 4) is 0 Å². The Hall–Kier alpha value is -1.46. The van der Waals surface area contributed by atoms with Crippen molar-refractivity contribution < 1.29 is 4.39 Å². The molecule has 1 heterocycles. The highest BCUT2D eigenvalue weighted by Crippen LogP contribution is 2.32. The SMILES string of the molecule is Cc1ccc(Br)c(Nc2nc3ccc(F)cc3s2)c1. The van der Waals surface area contributed by atoms with E-state index in [2.05, 4.69) is 26.2 Å². The molecule has 1 aromatic heterocycles. The maximum absolute atomic E-state index is 13.1. The van der Waals surface area contributed by atoms with Gasteiger partial charge in [0.05, 0.1) is 15.9 Å². The lowest BCUT2D eigenvalue weighted by molar-refractivity contribution is 0.630. The standard InChI is InChI=1S/C14H10BrFN2S/c1-8-2-4-10(15)12(6-8)18-14-17-11-5-3-9(16)7-13(11)19-14/h2-7H,1H3,(H,17,18). The Bertz CT molecular complexity index is 754. The number of benzene rings is 2. The minimum atomic E-state index is -0.237. The average molecular weight is 337 g/mol. The molecule has 19 heavy (non-hydrogen) atoms. The van der Waals surface area contributed by atoms with E-state index in [4.69, 9.17) is 0 Å². The first-order valence-corrected chi connectivity index (χ1v) is 7.32. The van der Waals surface area contributed by atoms with Gasteiger partial charge in [-0.05, 0) is 58.7 Å². The summed E-state index contributed by atoms with van der Waals surface area (Å²) in [6.07, 6.45) is 0. The Kier molecular flexibility index (Phi) is 3.24. The quantitative estimate of drug-likeness (QED) is 0.691. The van der Waals surface area contributed by atoms with Crippen LogP contribution in [0.2, 0.25) is 0 Å². The fourth-order valence-corrected chi connectivity index (χ4v) is 3.05. The van der Waals surface area contributed by atoms with Gasteiger partial charge in [0, 0.05) is 4.47 Å². The van der Waals surface area contributed by atoms with Gasteiger partial charge in [-0.25, -0.2) is 9.37 Å². The van der Waals surface area contributed by atoms with Crippen molar-refractivity contribution in [2.45, 2.75) is 6.92 Å². The molecule has 0 unspecified atom stereocenters. The summed E-state index contributed by atoms with van der Waals surface area (Å²) < 4.78 is 15.0. The van der Waals surface area contributed by atoms with Gasteiger partial charge in [0.15, 0.2) is 5.13 Å². The van der Waals surface area contributed by atoms with Crippen molar-refractivity contribution in [3.05, 3.63) is 52.3 Å². The third kappa shape index (κ3) is 2.62. The summed E-state index contributed by atoms with van der Waals surface area (Å²) in [7, 11) is 0. The topological polar surface area (TPSA) is 24.9 Å². The highest BCUT2D eigenvalue weighted by atomic mass is 79.9. The molecule has 5 heteroatoms. The number of rotatable bonds is 2. The predicted molar refractivity (Wildman–Crippen MR) is 81.7 cm³/mol. The van der Waals surface area contributed by atoms with E-state index < -0.39 is 0 Å². The van der Waals surface area contributed by atoms with Gasteiger partial charge in [-0.15, -0.1) is 0 Å².